The minimum Gasteiger partial charge on any atom is -0.489 e. The van der Waals surface area contributed by atoms with E-state index in [0.29, 0.717) is 13.2 Å². The number of aromatic nitrogens is 6. The summed E-state index contributed by atoms with van der Waals surface area (Å²) in [5.74, 6) is 4.48. The van der Waals surface area contributed by atoms with Gasteiger partial charge >= 0.3 is 0 Å². The van der Waals surface area contributed by atoms with Crippen molar-refractivity contribution in [3.63, 3.8) is 0 Å². The molecule has 10 nitrogen and oxygen atoms in total. The molecule has 0 saturated carbocycles. The molecule has 0 unspecified atom stereocenters. The van der Waals surface area contributed by atoms with Crippen LogP contribution < -0.4 is 9.47 Å². The van der Waals surface area contributed by atoms with Gasteiger partial charge < -0.3 is 9.47 Å². The summed E-state index contributed by atoms with van der Waals surface area (Å²) >= 11 is 3.27. The highest BCUT2D eigenvalue weighted by Gasteiger charge is 2.22. The summed E-state index contributed by atoms with van der Waals surface area (Å²) < 4.78 is 16.1. The molecule has 2 aliphatic rings. The van der Waals surface area contributed by atoms with E-state index in [1.165, 1.54) is 0 Å². The Morgan fingerprint density at radius 2 is 0.846 bits per heavy atom. The standard InChI is InChI=1S/C40H30N8O2S2/c1-3-9-29(10-4-1)37-41-43-39-47(37)45-35(25-51-39)27-15-19-33(20-16-27)49-23-31-13-7-8-14-32(31)24-50-34-21-17-28(18-22-34)36-26-52-40-44-42-38(48(40)46-36)30-11-5-2-6-12-30/h1-22H,23-26H2. The van der Waals surface area contributed by atoms with E-state index in [9.17, 15) is 0 Å². The molecule has 0 fully saturated rings. The number of ether oxygens (including phenoxy) is 2. The van der Waals surface area contributed by atoms with Gasteiger partial charge in [0, 0.05) is 22.6 Å². The summed E-state index contributed by atoms with van der Waals surface area (Å²) in [5.41, 5.74) is 8.09. The number of hydrogen-bond acceptors (Lipinski definition) is 10. The summed E-state index contributed by atoms with van der Waals surface area (Å²) in [4.78, 5) is 0. The average molecular weight is 719 g/mol. The van der Waals surface area contributed by atoms with Crippen LogP contribution >= 0.6 is 23.5 Å². The SMILES string of the molecule is c1ccc(-c2nnc3n2N=C(c2ccc(OCc4ccccc4COc4ccc(C5=Nn6c(nnc6-c6ccccc6)SC5)cc4)cc2)CS3)cc1. The summed E-state index contributed by atoms with van der Waals surface area (Å²) in [6, 6.07) is 44.4. The van der Waals surface area contributed by atoms with Crippen LogP contribution in [0, 0.1) is 0 Å². The van der Waals surface area contributed by atoms with Crippen molar-refractivity contribution >= 4 is 34.9 Å². The lowest BCUT2D eigenvalue weighted by Gasteiger charge is -2.15. The van der Waals surface area contributed by atoms with Crippen LogP contribution in [0.1, 0.15) is 22.3 Å². The second kappa shape index (κ2) is 14.3. The molecule has 12 heteroatoms. The predicted octanol–water partition coefficient (Wildman–Crippen LogP) is 8.08. The van der Waals surface area contributed by atoms with E-state index in [4.69, 9.17) is 19.7 Å². The predicted molar refractivity (Wildman–Crippen MR) is 204 cm³/mol. The first-order valence-electron chi connectivity index (χ1n) is 16.7. The fourth-order valence-electron chi connectivity index (χ4n) is 5.92. The molecule has 0 amide bonds. The molecule has 2 aromatic heterocycles. The van der Waals surface area contributed by atoms with Crippen molar-refractivity contribution in [2.24, 2.45) is 10.2 Å². The number of hydrogen-bond donors (Lipinski definition) is 0. The minimum absolute atomic E-state index is 0.423. The van der Waals surface area contributed by atoms with Crippen LogP contribution in [-0.2, 0) is 13.2 Å². The molecular weight excluding hydrogens is 689 g/mol. The fourth-order valence-corrected chi connectivity index (χ4v) is 7.60. The number of fused-ring (bicyclic) bond motifs is 2. The molecule has 0 radical (unpaired) electrons. The molecule has 7 aromatic rings. The van der Waals surface area contributed by atoms with Gasteiger partial charge in [-0.2, -0.15) is 19.6 Å². The molecule has 0 aliphatic carbocycles. The average Bonchev–Trinajstić information content (AvgIpc) is 3.85. The second-order valence-corrected chi connectivity index (χ2v) is 13.9. The minimum atomic E-state index is 0.423. The first kappa shape index (κ1) is 32.0. The van der Waals surface area contributed by atoms with Crippen LogP contribution in [0.25, 0.3) is 22.8 Å². The third kappa shape index (κ3) is 6.61. The third-order valence-electron chi connectivity index (χ3n) is 8.69. The third-order valence-corrected chi connectivity index (χ3v) is 10.5. The Bertz CT molecular complexity index is 2240. The van der Waals surface area contributed by atoms with E-state index in [2.05, 4.69) is 56.8 Å². The van der Waals surface area contributed by atoms with Crippen molar-refractivity contribution in [2.45, 2.75) is 23.5 Å². The summed E-state index contributed by atoms with van der Waals surface area (Å²) in [5, 5.41) is 28.8. The van der Waals surface area contributed by atoms with Gasteiger partial charge in [-0.3, -0.25) is 0 Å². The van der Waals surface area contributed by atoms with Gasteiger partial charge in [0.25, 0.3) is 0 Å². The van der Waals surface area contributed by atoms with Gasteiger partial charge in [-0.25, -0.2) is 0 Å². The Labute approximate surface area is 308 Å². The van der Waals surface area contributed by atoms with Gasteiger partial charge in [0.15, 0.2) is 11.6 Å². The zero-order valence-corrected chi connectivity index (χ0v) is 29.4. The molecular formula is C40H30N8O2S2. The van der Waals surface area contributed by atoms with Crippen molar-refractivity contribution < 1.29 is 9.47 Å². The van der Waals surface area contributed by atoms with Crippen molar-refractivity contribution in [3.8, 4) is 34.3 Å². The lowest BCUT2D eigenvalue weighted by Crippen LogP contribution is -2.13. The lowest BCUT2D eigenvalue weighted by atomic mass is 10.1. The Hall–Kier alpha value is -5.98. The van der Waals surface area contributed by atoms with Gasteiger partial charge in [-0.1, -0.05) is 108 Å². The first-order valence-corrected chi connectivity index (χ1v) is 18.7. The molecule has 4 heterocycles. The molecule has 0 saturated heterocycles. The highest BCUT2D eigenvalue weighted by molar-refractivity contribution is 8.00. The molecule has 0 atom stereocenters. The van der Waals surface area contributed by atoms with Crippen LogP contribution in [0.2, 0.25) is 0 Å². The molecule has 254 valence electrons. The maximum absolute atomic E-state index is 6.23. The number of nitrogens with zero attached hydrogens (tertiary/aromatic N) is 8. The normalized spacial score (nSPS) is 13.5. The number of rotatable bonds is 10. The van der Waals surface area contributed by atoms with Crippen LogP contribution in [0.15, 0.2) is 154 Å². The summed E-state index contributed by atoms with van der Waals surface area (Å²) in [6.45, 7) is 0.847. The van der Waals surface area contributed by atoms with Gasteiger partial charge in [-0.15, -0.1) is 20.4 Å². The van der Waals surface area contributed by atoms with Crippen molar-refractivity contribution in [3.05, 3.63) is 156 Å². The summed E-state index contributed by atoms with van der Waals surface area (Å²) in [6.07, 6.45) is 0. The fraction of sp³-hybridized carbons (Fsp3) is 0.100. The van der Waals surface area contributed by atoms with E-state index in [1.54, 1.807) is 23.5 Å². The van der Waals surface area contributed by atoms with E-state index >= 15 is 0 Å². The van der Waals surface area contributed by atoms with Gasteiger partial charge in [0.1, 0.15) is 24.7 Å². The monoisotopic (exact) mass is 718 g/mol. The first-order chi connectivity index (χ1) is 25.7. The van der Waals surface area contributed by atoms with Crippen molar-refractivity contribution in [1.29, 1.82) is 0 Å². The highest BCUT2D eigenvalue weighted by atomic mass is 32.2. The Balaban J connectivity index is 0.833. The van der Waals surface area contributed by atoms with E-state index in [-0.39, 0.29) is 0 Å². The van der Waals surface area contributed by atoms with Gasteiger partial charge in [-0.05, 0) is 70.8 Å². The van der Waals surface area contributed by atoms with E-state index in [0.717, 1.165) is 89.8 Å². The molecule has 5 aromatic carbocycles. The molecule has 0 spiro atoms. The van der Waals surface area contributed by atoms with Crippen LogP contribution in [-0.4, -0.2) is 52.7 Å². The molecule has 9 rings (SSSR count). The molecule has 52 heavy (non-hydrogen) atoms. The molecule has 0 N–H and O–H groups in total. The van der Waals surface area contributed by atoms with Gasteiger partial charge in [0.05, 0.1) is 11.4 Å². The van der Waals surface area contributed by atoms with E-state index in [1.807, 2.05) is 106 Å². The largest absolute Gasteiger partial charge is 0.489 e. The van der Waals surface area contributed by atoms with Crippen molar-refractivity contribution in [2.75, 3.05) is 11.5 Å². The number of thioether (sulfide) groups is 2. The quantitative estimate of drug-likeness (QED) is 0.140. The molecule has 2 aliphatic heterocycles. The maximum atomic E-state index is 6.23. The smallest absolute Gasteiger partial charge is 0.212 e. The molecule has 0 bridgehead atoms. The Morgan fingerprint density at radius 3 is 1.27 bits per heavy atom. The van der Waals surface area contributed by atoms with Gasteiger partial charge in [0.2, 0.25) is 10.3 Å². The zero-order valence-electron chi connectivity index (χ0n) is 27.7. The lowest BCUT2D eigenvalue weighted by molar-refractivity contribution is 0.285. The number of benzene rings is 5. The highest BCUT2D eigenvalue weighted by Crippen LogP contribution is 2.30. The maximum Gasteiger partial charge on any atom is 0.212 e. The van der Waals surface area contributed by atoms with Crippen LogP contribution in [0.3, 0.4) is 0 Å². The topological polar surface area (TPSA) is 105 Å². The Kier molecular flexibility index (Phi) is 8.81. The van der Waals surface area contributed by atoms with Crippen LogP contribution in [0.4, 0.5) is 0 Å². The van der Waals surface area contributed by atoms with E-state index < -0.39 is 0 Å². The second-order valence-electron chi connectivity index (χ2n) is 12.0. The zero-order chi connectivity index (χ0) is 34.7. The Morgan fingerprint density at radius 1 is 0.442 bits per heavy atom. The van der Waals surface area contributed by atoms with Crippen LogP contribution in [0.5, 0.6) is 11.5 Å². The summed E-state index contributed by atoms with van der Waals surface area (Å²) in [7, 11) is 0. The van der Waals surface area contributed by atoms with Crippen molar-refractivity contribution in [1.82, 2.24) is 29.7 Å².